The fourth-order valence-corrected chi connectivity index (χ4v) is 3.53. The van der Waals surface area contributed by atoms with Gasteiger partial charge in [0, 0.05) is 34.9 Å². The van der Waals surface area contributed by atoms with Crippen LogP contribution in [0.2, 0.25) is 0 Å². The van der Waals surface area contributed by atoms with Crippen LogP contribution in [0.15, 0.2) is 90.6 Å². The number of nitrogens with one attached hydrogen (secondary N) is 1. The van der Waals surface area contributed by atoms with E-state index in [-0.39, 0.29) is 16.8 Å². The van der Waals surface area contributed by atoms with Gasteiger partial charge in [-0.1, -0.05) is 60.7 Å². The van der Waals surface area contributed by atoms with E-state index in [4.69, 9.17) is 0 Å². The van der Waals surface area contributed by atoms with Crippen molar-refractivity contribution >= 4 is 34.5 Å². The molecule has 156 valence electrons. The van der Waals surface area contributed by atoms with Crippen LogP contribution in [-0.2, 0) is 11.3 Å². The van der Waals surface area contributed by atoms with Crippen molar-refractivity contribution in [3.8, 4) is 6.07 Å². The quantitative estimate of drug-likeness (QED) is 0.381. The monoisotopic (exact) mass is 420 g/mol. The molecule has 0 bridgehead atoms. The number of carbonyl (C=O) groups is 2. The fraction of sp³-hybridized carbons (Fsp3) is 0.0385. The van der Waals surface area contributed by atoms with Gasteiger partial charge < -0.3 is 19.8 Å². The predicted molar refractivity (Wildman–Crippen MR) is 120 cm³/mol. The largest absolute Gasteiger partial charge is 0.545 e. The van der Waals surface area contributed by atoms with Crippen LogP contribution in [0.3, 0.4) is 0 Å². The van der Waals surface area contributed by atoms with Crippen LogP contribution in [0.1, 0.15) is 21.5 Å². The van der Waals surface area contributed by atoms with Crippen LogP contribution in [0.4, 0.5) is 5.69 Å². The zero-order valence-corrected chi connectivity index (χ0v) is 17.0. The van der Waals surface area contributed by atoms with Gasteiger partial charge in [-0.2, -0.15) is 5.26 Å². The molecule has 0 spiro atoms. The summed E-state index contributed by atoms with van der Waals surface area (Å²) >= 11 is 0. The summed E-state index contributed by atoms with van der Waals surface area (Å²) in [5, 5.41) is 24.1. The van der Waals surface area contributed by atoms with E-state index in [1.54, 1.807) is 12.1 Å². The number of carbonyl (C=O) groups excluding carboxylic acids is 2. The van der Waals surface area contributed by atoms with E-state index in [2.05, 4.69) is 9.88 Å². The molecular weight excluding hydrogens is 402 g/mol. The van der Waals surface area contributed by atoms with Crippen LogP contribution in [0, 0.1) is 11.3 Å². The Hall–Kier alpha value is -4.63. The second-order valence-corrected chi connectivity index (χ2v) is 7.21. The highest BCUT2D eigenvalue weighted by Crippen LogP contribution is 2.25. The summed E-state index contributed by atoms with van der Waals surface area (Å²) in [4.78, 5) is 23.7. The summed E-state index contributed by atoms with van der Waals surface area (Å²) in [6.07, 6.45) is 3.46. The van der Waals surface area contributed by atoms with Crippen molar-refractivity contribution in [2.75, 3.05) is 5.32 Å². The number of fused-ring (bicyclic) bond motifs is 1. The van der Waals surface area contributed by atoms with Crippen molar-refractivity contribution < 1.29 is 14.7 Å². The fourth-order valence-electron chi connectivity index (χ4n) is 3.53. The first kappa shape index (κ1) is 20.6. The topological polar surface area (TPSA) is 98.0 Å². The number of rotatable bonds is 6. The van der Waals surface area contributed by atoms with E-state index in [9.17, 15) is 20.0 Å². The Bertz CT molecular complexity index is 1380. The van der Waals surface area contributed by atoms with Gasteiger partial charge >= 0.3 is 0 Å². The molecule has 0 unspecified atom stereocenters. The molecule has 0 atom stereocenters. The predicted octanol–water partition coefficient (Wildman–Crippen LogP) is 3.60. The first-order chi connectivity index (χ1) is 15.5. The Morgan fingerprint density at radius 2 is 1.75 bits per heavy atom. The Morgan fingerprint density at radius 3 is 2.50 bits per heavy atom. The van der Waals surface area contributed by atoms with Crippen molar-refractivity contribution in [3.05, 3.63) is 107 Å². The lowest BCUT2D eigenvalue weighted by atomic mass is 10.1. The average Bonchev–Trinajstić information content (AvgIpc) is 3.15. The normalized spacial score (nSPS) is 11.2. The third kappa shape index (κ3) is 4.42. The number of hydrogen-bond acceptors (Lipinski definition) is 4. The Balaban J connectivity index is 1.66. The summed E-state index contributed by atoms with van der Waals surface area (Å²) in [5.74, 6) is -1.97. The molecule has 32 heavy (non-hydrogen) atoms. The standard InChI is InChI=1S/C26H19N3O3/c27-15-20(25(30)28-22-10-6-9-19(14-22)26(31)32)13-21-17-29(16-18-7-2-1-3-8-18)24-12-5-4-11-23(21)24/h1-14,17H,16H2,(H,28,30)(H,31,32)/p-1/b20-13-. The Kier molecular flexibility index (Phi) is 5.82. The maximum Gasteiger partial charge on any atom is 0.266 e. The second-order valence-electron chi connectivity index (χ2n) is 7.21. The van der Waals surface area contributed by atoms with Crippen molar-refractivity contribution in [1.29, 1.82) is 5.26 Å². The number of carboxylic acid groups (broad SMARTS) is 1. The molecular formula is C26H18N3O3-. The molecule has 6 nitrogen and oxygen atoms in total. The Labute approximate surface area is 184 Å². The van der Waals surface area contributed by atoms with Crippen molar-refractivity contribution in [2.24, 2.45) is 0 Å². The number of para-hydroxylation sites is 1. The molecule has 1 aromatic heterocycles. The Morgan fingerprint density at radius 1 is 1.00 bits per heavy atom. The van der Waals surface area contributed by atoms with Gasteiger partial charge in [0.05, 0.1) is 5.97 Å². The molecule has 4 aromatic rings. The molecule has 0 aliphatic heterocycles. The van der Waals surface area contributed by atoms with E-state index in [1.807, 2.05) is 66.9 Å². The second kappa shape index (κ2) is 9.02. The number of anilines is 1. The highest BCUT2D eigenvalue weighted by atomic mass is 16.4. The lowest BCUT2D eigenvalue weighted by Crippen LogP contribution is -2.22. The number of aromatic carboxylic acids is 1. The van der Waals surface area contributed by atoms with Gasteiger partial charge in [0.25, 0.3) is 5.91 Å². The van der Waals surface area contributed by atoms with Gasteiger partial charge in [0.2, 0.25) is 0 Å². The van der Waals surface area contributed by atoms with Crippen LogP contribution in [-0.4, -0.2) is 16.4 Å². The van der Waals surface area contributed by atoms with Crippen molar-refractivity contribution in [3.63, 3.8) is 0 Å². The summed E-state index contributed by atoms with van der Waals surface area (Å²) in [5.41, 5.74) is 2.98. The molecule has 0 saturated heterocycles. The molecule has 0 radical (unpaired) electrons. The molecule has 3 aromatic carbocycles. The van der Waals surface area contributed by atoms with Crippen LogP contribution >= 0.6 is 0 Å². The summed E-state index contributed by atoms with van der Waals surface area (Å²) in [7, 11) is 0. The van der Waals surface area contributed by atoms with E-state index < -0.39 is 11.9 Å². The van der Waals surface area contributed by atoms with Gasteiger partial charge in [-0.25, -0.2) is 0 Å². The van der Waals surface area contributed by atoms with E-state index in [0.29, 0.717) is 6.54 Å². The first-order valence-electron chi connectivity index (χ1n) is 9.91. The molecule has 4 rings (SSSR count). The molecule has 6 heteroatoms. The van der Waals surface area contributed by atoms with Crippen LogP contribution in [0.25, 0.3) is 17.0 Å². The van der Waals surface area contributed by atoms with E-state index >= 15 is 0 Å². The van der Waals surface area contributed by atoms with Gasteiger partial charge in [0.1, 0.15) is 11.6 Å². The maximum atomic E-state index is 12.7. The van der Waals surface area contributed by atoms with Gasteiger partial charge in [-0.05, 0) is 35.4 Å². The number of benzene rings is 3. The van der Waals surface area contributed by atoms with Crippen LogP contribution < -0.4 is 10.4 Å². The highest BCUT2D eigenvalue weighted by molar-refractivity contribution is 6.11. The minimum absolute atomic E-state index is 0.0609. The first-order valence-corrected chi connectivity index (χ1v) is 9.91. The van der Waals surface area contributed by atoms with Crippen LogP contribution in [0.5, 0.6) is 0 Å². The molecule has 1 amide bonds. The lowest BCUT2D eigenvalue weighted by molar-refractivity contribution is -0.255. The smallest absolute Gasteiger partial charge is 0.266 e. The summed E-state index contributed by atoms with van der Waals surface area (Å²) in [6.45, 7) is 0.652. The van der Waals surface area contributed by atoms with Crippen molar-refractivity contribution in [2.45, 2.75) is 6.54 Å². The third-order valence-corrected chi connectivity index (χ3v) is 5.04. The number of amides is 1. The molecule has 0 fully saturated rings. The molecule has 0 saturated carbocycles. The van der Waals surface area contributed by atoms with Gasteiger partial charge in [-0.3, -0.25) is 4.79 Å². The zero-order valence-electron chi connectivity index (χ0n) is 17.0. The SMILES string of the molecule is N#C/C(=C/c1cn(Cc2ccccc2)c2ccccc12)C(=O)Nc1cccc(C(=O)[O-])c1. The van der Waals surface area contributed by atoms with E-state index in [1.165, 1.54) is 18.2 Å². The highest BCUT2D eigenvalue weighted by Gasteiger charge is 2.13. The van der Waals surface area contributed by atoms with Gasteiger partial charge in [-0.15, -0.1) is 0 Å². The number of nitrogens with zero attached hydrogens (tertiary/aromatic N) is 2. The minimum atomic E-state index is -1.34. The number of carboxylic acids is 1. The molecule has 1 N–H and O–H groups in total. The summed E-state index contributed by atoms with van der Waals surface area (Å²) in [6, 6.07) is 25.4. The van der Waals surface area contributed by atoms with Gasteiger partial charge in [0.15, 0.2) is 0 Å². The lowest BCUT2D eigenvalue weighted by Gasteiger charge is -2.07. The number of nitriles is 1. The molecule has 0 aliphatic rings. The minimum Gasteiger partial charge on any atom is -0.545 e. The zero-order chi connectivity index (χ0) is 22.5. The molecule has 0 aliphatic carbocycles. The maximum absolute atomic E-state index is 12.7. The van der Waals surface area contributed by atoms with E-state index in [0.717, 1.165) is 22.0 Å². The van der Waals surface area contributed by atoms with Crippen molar-refractivity contribution in [1.82, 2.24) is 4.57 Å². The number of aromatic nitrogens is 1. The number of hydrogen-bond donors (Lipinski definition) is 1. The third-order valence-electron chi connectivity index (χ3n) is 5.04. The summed E-state index contributed by atoms with van der Waals surface area (Å²) < 4.78 is 2.08. The average molecular weight is 420 g/mol. The molecule has 1 heterocycles.